The zero-order chi connectivity index (χ0) is 34.3. The monoisotopic (exact) mass is 662 g/mol. The van der Waals surface area contributed by atoms with Gasteiger partial charge in [0.2, 0.25) is 0 Å². The molecule has 1 aliphatic heterocycles. The molecule has 0 bridgehead atoms. The quantitative estimate of drug-likeness (QED) is 0.192. The van der Waals surface area contributed by atoms with Gasteiger partial charge in [-0.15, -0.1) is 0 Å². The molecule has 5 aromatic carbocycles. The average molecular weight is 663 g/mol. The molecule has 0 saturated carbocycles. The second-order valence-electron chi connectivity index (χ2n) is 15.0. The first-order valence-electron chi connectivity index (χ1n) is 18.4. The minimum absolute atomic E-state index is 0.0288. The molecule has 4 heteroatoms. The summed E-state index contributed by atoms with van der Waals surface area (Å²) in [4.78, 5) is 0. The molecule has 0 fully saturated rings. The number of benzene rings is 5. The zero-order valence-corrected chi connectivity index (χ0v) is 29.4. The molecule has 3 aliphatic rings. The number of nitrogens with zero attached hydrogens (tertiary/aromatic N) is 2. The number of rotatable bonds is 5. The average Bonchev–Trinajstić information content (AvgIpc) is 3.72. The predicted molar refractivity (Wildman–Crippen MR) is 215 cm³/mol. The van der Waals surface area contributed by atoms with Gasteiger partial charge < -0.3 is 19.8 Å². The Morgan fingerprint density at radius 3 is 2.29 bits per heavy atom. The summed E-state index contributed by atoms with van der Waals surface area (Å²) in [5.74, 6) is 0. The third-order valence-electron chi connectivity index (χ3n) is 11.7. The molecule has 2 atom stereocenters. The van der Waals surface area contributed by atoms with Gasteiger partial charge >= 0.3 is 0 Å². The van der Waals surface area contributed by atoms with Crippen molar-refractivity contribution in [3.8, 4) is 0 Å². The Morgan fingerprint density at radius 2 is 1.47 bits per heavy atom. The normalized spacial score (nSPS) is 19.5. The van der Waals surface area contributed by atoms with Crippen LogP contribution in [0.4, 0.5) is 0 Å². The molecular formula is C47H42N4. The fraction of sp³-hybridized carbons (Fsp3) is 0.191. The molecule has 7 aromatic rings. The van der Waals surface area contributed by atoms with E-state index in [4.69, 9.17) is 0 Å². The van der Waals surface area contributed by atoms with E-state index in [1.165, 1.54) is 83.0 Å². The molecule has 51 heavy (non-hydrogen) atoms. The van der Waals surface area contributed by atoms with E-state index < -0.39 is 0 Å². The van der Waals surface area contributed by atoms with Gasteiger partial charge in [-0.1, -0.05) is 123 Å². The smallest absolute Gasteiger partial charge is 0.125 e. The standard InChI is InChI=1S/C47H42N4/c1-30-34(35-20-10-13-26-41(35)50(30)33-18-5-4-6-19-33)23-15-25-40-46(49-44-37-22-9-12-24-39(37)47(2,3)45(44)48-40)51-42-27-14-11-21-36(42)38-28-31-16-7-8-17-32(31)29-43(38)51/h5,7-24,26-29,40,46,48-49H,4,6,25H2,1-3H3/b23-15-. The maximum Gasteiger partial charge on any atom is 0.125 e. The van der Waals surface area contributed by atoms with E-state index in [2.05, 4.69) is 180 Å². The Morgan fingerprint density at radius 1 is 0.745 bits per heavy atom. The Hall–Kier alpha value is -5.74. The third-order valence-corrected chi connectivity index (χ3v) is 11.7. The Labute approximate surface area is 299 Å². The maximum absolute atomic E-state index is 4.18. The fourth-order valence-electron chi connectivity index (χ4n) is 9.19. The first-order chi connectivity index (χ1) is 25.0. The molecule has 0 radical (unpaired) electrons. The van der Waals surface area contributed by atoms with Gasteiger partial charge in [-0.3, -0.25) is 0 Å². The number of nitrogens with one attached hydrogen (secondary N) is 2. The highest BCUT2D eigenvalue weighted by atomic mass is 15.3. The number of para-hydroxylation sites is 2. The van der Waals surface area contributed by atoms with Crippen LogP contribution in [0.5, 0.6) is 0 Å². The summed E-state index contributed by atoms with van der Waals surface area (Å²) in [6, 6.07) is 40.3. The highest BCUT2D eigenvalue weighted by Crippen LogP contribution is 2.48. The van der Waals surface area contributed by atoms with Crippen LogP contribution in [0.2, 0.25) is 0 Å². The van der Waals surface area contributed by atoms with E-state index in [1.54, 1.807) is 0 Å². The maximum atomic E-state index is 4.18. The van der Waals surface area contributed by atoms with Gasteiger partial charge in [-0.2, -0.15) is 0 Å². The zero-order valence-electron chi connectivity index (χ0n) is 29.4. The fourth-order valence-corrected chi connectivity index (χ4v) is 9.19. The van der Waals surface area contributed by atoms with Crippen molar-refractivity contribution in [3.63, 3.8) is 0 Å². The van der Waals surface area contributed by atoms with Gasteiger partial charge in [0.05, 0.1) is 28.3 Å². The van der Waals surface area contributed by atoms with Crippen LogP contribution in [0.15, 0.2) is 139 Å². The molecule has 2 aliphatic carbocycles. The first-order valence-corrected chi connectivity index (χ1v) is 18.4. The predicted octanol–water partition coefficient (Wildman–Crippen LogP) is 11.2. The van der Waals surface area contributed by atoms with Crippen LogP contribution in [0.25, 0.3) is 61.0 Å². The molecule has 250 valence electrons. The van der Waals surface area contributed by atoms with Gasteiger partial charge in [0.25, 0.3) is 0 Å². The van der Waals surface area contributed by atoms with Gasteiger partial charge in [0.15, 0.2) is 0 Å². The molecule has 0 amide bonds. The van der Waals surface area contributed by atoms with Gasteiger partial charge in [0.1, 0.15) is 6.17 Å². The summed E-state index contributed by atoms with van der Waals surface area (Å²) in [7, 11) is 0. The van der Waals surface area contributed by atoms with Gasteiger partial charge in [0, 0.05) is 49.8 Å². The van der Waals surface area contributed by atoms with E-state index in [0.717, 1.165) is 19.3 Å². The van der Waals surface area contributed by atoms with E-state index >= 15 is 0 Å². The van der Waals surface area contributed by atoms with Gasteiger partial charge in [-0.25, -0.2) is 0 Å². The topological polar surface area (TPSA) is 33.9 Å². The van der Waals surface area contributed by atoms with Crippen molar-refractivity contribution >= 4 is 61.0 Å². The molecule has 4 nitrogen and oxygen atoms in total. The molecule has 2 aromatic heterocycles. The Bertz CT molecular complexity index is 2670. The summed E-state index contributed by atoms with van der Waals surface area (Å²) < 4.78 is 5.00. The lowest BCUT2D eigenvalue weighted by molar-refractivity contribution is 0.325. The number of allylic oxidation sites excluding steroid dienone is 5. The lowest BCUT2D eigenvalue weighted by Gasteiger charge is -2.40. The summed E-state index contributed by atoms with van der Waals surface area (Å²) in [5.41, 5.74) is 12.7. The van der Waals surface area contributed by atoms with Crippen LogP contribution in [-0.2, 0) is 5.41 Å². The van der Waals surface area contributed by atoms with Crippen molar-refractivity contribution in [1.82, 2.24) is 19.8 Å². The van der Waals surface area contributed by atoms with E-state index in [9.17, 15) is 0 Å². The molecule has 3 heterocycles. The second kappa shape index (κ2) is 11.4. The van der Waals surface area contributed by atoms with Crippen molar-refractivity contribution in [2.45, 2.75) is 57.7 Å². The molecule has 2 N–H and O–H groups in total. The van der Waals surface area contributed by atoms with Crippen molar-refractivity contribution in [1.29, 1.82) is 0 Å². The second-order valence-corrected chi connectivity index (χ2v) is 15.0. The van der Waals surface area contributed by atoms with Crippen molar-refractivity contribution < 1.29 is 0 Å². The largest absolute Gasteiger partial charge is 0.379 e. The summed E-state index contributed by atoms with van der Waals surface area (Å²) in [6.07, 6.45) is 14.7. The highest BCUT2D eigenvalue weighted by Gasteiger charge is 2.44. The Kier molecular flexibility index (Phi) is 6.73. The van der Waals surface area contributed by atoms with Crippen LogP contribution in [0.3, 0.4) is 0 Å². The van der Waals surface area contributed by atoms with Crippen LogP contribution in [0, 0.1) is 6.92 Å². The number of hydrogen-bond acceptors (Lipinski definition) is 2. The Balaban J connectivity index is 1.12. The number of hydrogen-bond donors (Lipinski definition) is 2. The van der Waals surface area contributed by atoms with Crippen LogP contribution in [0.1, 0.15) is 61.7 Å². The number of fused-ring (bicyclic) bond motifs is 7. The molecule has 0 saturated heterocycles. The van der Waals surface area contributed by atoms with Crippen LogP contribution < -0.4 is 10.6 Å². The molecule has 0 spiro atoms. The highest BCUT2D eigenvalue weighted by molar-refractivity contribution is 6.12. The minimum Gasteiger partial charge on any atom is -0.379 e. The van der Waals surface area contributed by atoms with E-state index in [1.807, 2.05) is 0 Å². The van der Waals surface area contributed by atoms with Crippen molar-refractivity contribution in [2.75, 3.05) is 0 Å². The summed E-state index contributed by atoms with van der Waals surface area (Å²) in [6.45, 7) is 6.98. The lowest BCUT2D eigenvalue weighted by Crippen LogP contribution is -2.50. The van der Waals surface area contributed by atoms with Crippen LogP contribution in [-0.4, -0.2) is 15.2 Å². The van der Waals surface area contributed by atoms with Crippen molar-refractivity contribution in [3.05, 3.63) is 162 Å². The third kappa shape index (κ3) is 4.52. The van der Waals surface area contributed by atoms with Crippen molar-refractivity contribution in [2.24, 2.45) is 0 Å². The first kappa shape index (κ1) is 30.1. The molecule has 10 rings (SSSR count). The van der Waals surface area contributed by atoms with E-state index in [-0.39, 0.29) is 17.6 Å². The van der Waals surface area contributed by atoms with Crippen LogP contribution >= 0.6 is 0 Å². The minimum atomic E-state index is -0.131. The molecule has 2 unspecified atom stereocenters. The number of aromatic nitrogens is 2. The summed E-state index contributed by atoms with van der Waals surface area (Å²) in [5, 5.41) is 14.8. The SMILES string of the molecule is Cc1c(/C=C\CC2NC3=C(NC2n2c4ccccc4c4cc5ccccc5cc42)c2ccccc2C3(C)C)c2ccccc2n1C1=CCCC=C1. The van der Waals surface area contributed by atoms with Gasteiger partial charge in [-0.05, 0) is 72.9 Å². The lowest BCUT2D eigenvalue weighted by atomic mass is 9.84. The summed E-state index contributed by atoms with van der Waals surface area (Å²) >= 11 is 0. The molecular weight excluding hydrogens is 621 g/mol. The van der Waals surface area contributed by atoms with E-state index in [0.29, 0.717) is 0 Å².